The summed E-state index contributed by atoms with van der Waals surface area (Å²) in [4.78, 5) is 26.3. The van der Waals surface area contributed by atoms with Crippen LogP contribution in [0.25, 0.3) is 0 Å². The molecule has 0 aromatic carbocycles. The zero-order valence-corrected chi connectivity index (χ0v) is 15.1. The largest absolute Gasteiger partial charge is 0.481 e. The normalized spacial score (nSPS) is 28.0. The van der Waals surface area contributed by atoms with Gasteiger partial charge in [0.15, 0.2) is 0 Å². The maximum absolute atomic E-state index is 13.4. The number of rotatable bonds is 3. The highest BCUT2D eigenvalue weighted by Crippen LogP contribution is 2.43. The fourth-order valence-electron chi connectivity index (χ4n) is 4.90. The number of carbonyl (C=O) groups excluding carboxylic acids is 1. The van der Waals surface area contributed by atoms with Crippen LogP contribution < -0.4 is 9.64 Å². The number of aromatic nitrogens is 2. The van der Waals surface area contributed by atoms with Crippen LogP contribution in [0.2, 0.25) is 0 Å². The van der Waals surface area contributed by atoms with Gasteiger partial charge >= 0.3 is 0 Å². The molecule has 6 nitrogen and oxygen atoms in total. The SMILES string of the molecule is COc1cc(N2CC[C@]3(CCCN(C4CCCCC4)C3=O)C2)ncn1. The van der Waals surface area contributed by atoms with Crippen molar-refractivity contribution in [1.29, 1.82) is 0 Å². The molecule has 2 saturated heterocycles. The maximum Gasteiger partial charge on any atom is 0.230 e. The monoisotopic (exact) mass is 344 g/mol. The summed E-state index contributed by atoms with van der Waals surface area (Å²) in [6.45, 7) is 2.60. The Kier molecular flexibility index (Phi) is 4.52. The second-order valence-corrected chi connectivity index (χ2v) is 7.76. The Morgan fingerprint density at radius 3 is 2.76 bits per heavy atom. The lowest BCUT2D eigenvalue weighted by Gasteiger charge is -2.44. The molecule has 3 aliphatic rings. The Morgan fingerprint density at radius 1 is 1.12 bits per heavy atom. The van der Waals surface area contributed by atoms with Gasteiger partial charge in [0.1, 0.15) is 12.1 Å². The van der Waals surface area contributed by atoms with Crippen LogP contribution in [0.5, 0.6) is 5.88 Å². The van der Waals surface area contributed by atoms with Crippen molar-refractivity contribution in [2.24, 2.45) is 5.41 Å². The molecule has 0 radical (unpaired) electrons. The Balaban J connectivity index is 1.50. The summed E-state index contributed by atoms with van der Waals surface area (Å²) >= 11 is 0. The van der Waals surface area contributed by atoms with Crippen molar-refractivity contribution in [3.05, 3.63) is 12.4 Å². The van der Waals surface area contributed by atoms with E-state index in [1.807, 2.05) is 6.07 Å². The molecule has 1 atom stereocenters. The van der Waals surface area contributed by atoms with Gasteiger partial charge in [-0.05, 0) is 32.1 Å². The van der Waals surface area contributed by atoms with Gasteiger partial charge in [0.25, 0.3) is 0 Å². The molecule has 136 valence electrons. The molecule has 3 heterocycles. The summed E-state index contributed by atoms with van der Waals surface area (Å²) in [6.07, 6.45) is 10.9. The van der Waals surface area contributed by atoms with Crippen molar-refractivity contribution in [2.75, 3.05) is 31.6 Å². The van der Waals surface area contributed by atoms with Crippen molar-refractivity contribution >= 4 is 11.7 Å². The number of carbonyl (C=O) groups is 1. The van der Waals surface area contributed by atoms with Crippen LogP contribution in [0.3, 0.4) is 0 Å². The molecule has 1 aromatic heterocycles. The summed E-state index contributed by atoms with van der Waals surface area (Å²) in [5.41, 5.74) is -0.214. The quantitative estimate of drug-likeness (QED) is 0.844. The highest BCUT2D eigenvalue weighted by atomic mass is 16.5. The first-order valence-corrected chi connectivity index (χ1v) is 9.64. The Hall–Kier alpha value is -1.85. The molecule has 0 bridgehead atoms. The molecule has 1 aromatic rings. The van der Waals surface area contributed by atoms with Gasteiger partial charge < -0.3 is 14.5 Å². The van der Waals surface area contributed by atoms with Crippen molar-refractivity contribution in [3.63, 3.8) is 0 Å². The van der Waals surface area contributed by atoms with Crippen molar-refractivity contribution in [2.45, 2.75) is 57.4 Å². The zero-order chi connectivity index (χ0) is 17.3. The highest BCUT2D eigenvalue weighted by Gasteiger charge is 2.49. The minimum atomic E-state index is -0.214. The molecule has 1 amide bonds. The third kappa shape index (κ3) is 3.07. The third-order valence-corrected chi connectivity index (χ3v) is 6.30. The van der Waals surface area contributed by atoms with Gasteiger partial charge in [0, 0.05) is 31.7 Å². The molecule has 3 fully saturated rings. The Labute approximate surface area is 149 Å². The molecule has 4 rings (SSSR count). The van der Waals surface area contributed by atoms with Crippen molar-refractivity contribution in [1.82, 2.24) is 14.9 Å². The Bertz CT molecular complexity index is 632. The summed E-state index contributed by atoms with van der Waals surface area (Å²) in [6, 6.07) is 2.34. The number of methoxy groups -OCH3 is 1. The number of nitrogens with zero attached hydrogens (tertiary/aromatic N) is 4. The topological polar surface area (TPSA) is 58.6 Å². The molecule has 0 unspecified atom stereocenters. The Morgan fingerprint density at radius 2 is 1.96 bits per heavy atom. The van der Waals surface area contributed by atoms with Crippen molar-refractivity contribution < 1.29 is 9.53 Å². The van der Waals surface area contributed by atoms with E-state index in [4.69, 9.17) is 4.74 Å². The number of amides is 1. The number of piperidine rings is 1. The standard InChI is InChI=1S/C19H28N4O2/c1-25-17-12-16(20-14-21-17)22-11-9-19(13-22)8-5-10-23(18(19)24)15-6-3-2-4-7-15/h12,14-15H,2-11,13H2,1H3/t19-/m1/s1. The first kappa shape index (κ1) is 16.6. The predicted molar refractivity (Wildman–Crippen MR) is 95.7 cm³/mol. The molecule has 6 heteroatoms. The number of hydrogen-bond acceptors (Lipinski definition) is 5. The molecule has 1 saturated carbocycles. The number of hydrogen-bond donors (Lipinski definition) is 0. The average molecular weight is 344 g/mol. The van der Waals surface area contributed by atoms with Gasteiger partial charge in [0.05, 0.1) is 12.5 Å². The number of anilines is 1. The van der Waals surface area contributed by atoms with E-state index in [1.54, 1.807) is 7.11 Å². The minimum absolute atomic E-state index is 0.214. The van der Waals surface area contributed by atoms with Crippen LogP contribution in [0.15, 0.2) is 12.4 Å². The van der Waals surface area contributed by atoms with Crippen LogP contribution in [0.4, 0.5) is 5.82 Å². The molecule has 0 N–H and O–H groups in total. The van der Waals surface area contributed by atoms with Crippen molar-refractivity contribution in [3.8, 4) is 5.88 Å². The van der Waals surface area contributed by atoms with E-state index < -0.39 is 0 Å². The maximum atomic E-state index is 13.4. The second kappa shape index (κ2) is 6.81. The fourth-order valence-corrected chi connectivity index (χ4v) is 4.90. The number of likely N-dealkylation sites (tertiary alicyclic amines) is 1. The van der Waals surface area contributed by atoms with Crippen LogP contribution >= 0.6 is 0 Å². The van der Waals surface area contributed by atoms with Gasteiger partial charge in [0.2, 0.25) is 11.8 Å². The molecular weight excluding hydrogens is 316 g/mol. The lowest BCUT2D eigenvalue weighted by atomic mass is 9.77. The van der Waals surface area contributed by atoms with E-state index in [9.17, 15) is 4.79 Å². The number of ether oxygens (including phenoxy) is 1. The van der Waals surface area contributed by atoms with E-state index in [1.165, 1.54) is 38.4 Å². The lowest BCUT2D eigenvalue weighted by molar-refractivity contribution is -0.148. The van der Waals surface area contributed by atoms with Crippen LogP contribution in [-0.2, 0) is 4.79 Å². The first-order chi connectivity index (χ1) is 12.2. The zero-order valence-electron chi connectivity index (χ0n) is 15.1. The van der Waals surface area contributed by atoms with Crippen LogP contribution in [-0.4, -0.2) is 53.6 Å². The van der Waals surface area contributed by atoms with Crippen LogP contribution in [0.1, 0.15) is 51.4 Å². The van der Waals surface area contributed by atoms with E-state index >= 15 is 0 Å². The van der Waals surface area contributed by atoms with Crippen LogP contribution in [0, 0.1) is 5.41 Å². The molecule has 2 aliphatic heterocycles. The van der Waals surface area contributed by atoms with E-state index in [0.29, 0.717) is 17.8 Å². The molecular formula is C19H28N4O2. The fraction of sp³-hybridized carbons (Fsp3) is 0.737. The first-order valence-electron chi connectivity index (χ1n) is 9.64. The molecule has 1 spiro atoms. The highest BCUT2D eigenvalue weighted by molar-refractivity contribution is 5.85. The summed E-state index contributed by atoms with van der Waals surface area (Å²) in [5, 5.41) is 0. The van der Waals surface area contributed by atoms with Gasteiger partial charge in [-0.3, -0.25) is 4.79 Å². The average Bonchev–Trinajstić information content (AvgIpc) is 3.10. The summed E-state index contributed by atoms with van der Waals surface area (Å²) < 4.78 is 5.22. The second-order valence-electron chi connectivity index (χ2n) is 7.76. The summed E-state index contributed by atoms with van der Waals surface area (Å²) in [7, 11) is 1.62. The summed E-state index contributed by atoms with van der Waals surface area (Å²) in [5.74, 6) is 1.84. The van der Waals surface area contributed by atoms with Gasteiger partial charge in [-0.1, -0.05) is 19.3 Å². The van der Waals surface area contributed by atoms with Gasteiger partial charge in [-0.2, -0.15) is 0 Å². The van der Waals surface area contributed by atoms with E-state index in [2.05, 4.69) is 19.8 Å². The third-order valence-electron chi connectivity index (χ3n) is 6.30. The van der Waals surface area contributed by atoms with Gasteiger partial charge in [-0.25, -0.2) is 9.97 Å². The molecule has 25 heavy (non-hydrogen) atoms. The minimum Gasteiger partial charge on any atom is -0.481 e. The molecule has 1 aliphatic carbocycles. The van der Waals surface area contributed by atoms with E-state index in [-0.39, 0.29) is 5.41 Å². The smallest absolute Gasteiger partial charge is 0.230 e. The predicted octanol–water partition coefficient (Wildman–Crippen LogP) is 2.64. The van der Waals surface area contributed by atoms with Gasteiger partial charge in [-0.15, -0.1) is 0 Å². The lowest BCUT2D eigenvalue weighted by Crippen LogP contribution is -2.54. The van der Waals surface area contributed by atoms with E-state index in [0.717, 1.165) is 44.7 Å².